The zero-order chi connectivity index (χ0) is 19.5. The van der Waals surface area contributed by atoms with Crippen LogP contribution in [0.1, 0.15) is 50.9 Å². The molecule has 1 N–H and O–H groups in total. The van der Waals surface area contributed by atoms with Crippen LogP contribution in [0.3, 0.4) is 0 Å². The molecular formula is C19H30N2O4S. The van der Waals surface area contributed by atoms with Gasteiger partial charge in [-0.25, -0.2) is 8.42 Å². The minimum absolute atomic E-state index is 0.0217. The van der Waals surface area contributed by atoms with Crippen LogP contribution in [0, 0.1) is 11.8 Å². The van der Waals surface area contributed by atoms with E-state index in [1.165, 1.54) is 17.5 Å². The van der Waals surface area contributed by atoms with E-state index in [-0.39, 0.29) is 22.6 Å². The van der Waals surface area contributed by atoms with Crippen LogP contribution in [0.5, 0.6) is 5.75 Å². The highest BCUT2D eigenvalue weighted by Crippen LogP contribution is 2.32. The van der Waals surface area contributed by atoms with E-state index in [1.54, 1.807) is 12.1 Å². The maximum atomic E-state index is 13.2. The van der Waals surface area contributed by atoms with E-state index < -0.39 is 10.0 Å². The molecule has 7 heteroatoms. The van der Waals surface area contributed by atoms with Gasteiger partial charge in [-0.2, -0.15) is 4.31 Å². The number of piperidine rings is 1. The third kappa shape index (κ3) is 4.57. The zero-order valence-electron chi connectivity index (χ0n) is 16.3. The van der Waals surface area contributed by atoms with E-state index in [2.05, 4.69) is 19.2 Å². The molecule has 0 radical (unpaired) electrons. The summed E-state index contributed by atoms with van der Waals surface area (Å²) >= 11 is 0. The van der Waals surface area contributed by atoms with Crippen molar-refractivity contribution < 1.29 is 17.9 Å². The van der Waals surface area contributed by atoms with Crippen LogP contribution in [0.2, 0.25) is 0 Å². The SMILES string of the molecule is CC[C@@H](C)NC(=O)c1ccc(OC)c(S(=O)(=O)N2C[C@H](C)C[C@H](C)C2)c1. The Kier molecular flexibility index (Phi) is 6.69. The normalized spacial score (nSPS) is 22.7. The highest BCUT2D eigenvalue weighted by molar-refractivity contribution is 7.89. The largest absolute Gasteiger partial charge is 0.495 e. The molecule has 0 bridgehead atoms. The topological polar surface area (TPSA) is 75.7 Å². The average Bonchev–Trinajstić information content (AvgIpc) is 2.60. The van der Waals surface area contributed by atoms with Gasteiger partial charge in [0.1, 0.15) is 10.6 Å². The molecule has 1 fully saturated rings. The summed E-state index contributed by atoms with van der Waals surface area (Å²) in [5.74, 6) is 0.586. The molecule has 0 aromatic heterocycles. The number of hydrogen-bond donors (Lipinski definition) is 1. The van der Waals surface area contributed by atoms with Gasteiger partial charge in [-0.15, -0.1) is 0 Å². The molecule has 6 nitrogen and oxygen atoms in total. The predicted molar refractivity (Wildman–Crippen MR) is 102 cm³/mol. The van der Waals surface area contributed by atoms with Crippen molar-refractivity contribution in [1.29, 1.82) is 0 Å². The molecule has 0 spiro atoms. The maximum absolute atomic E-state index is 13.2. The summed E-state index contributed by atoms with van der Waals surface area (Å²) in [7, 11) is -2.29. The Labute approximate surface area is 157 Å². The lowest BCUT2D eigenvalue weighted by atomic mass is 9.94. The summed E-state index contributed by atoms with van der Waals surface area (Å²) in [5.41, 5.74) is 0.322. The summed E-state index contributed by atoms with van der Waals surface area (Å²) in [4.78, 5) is 12.5. The van der Waals surface area contributed by atoms with Crippen molar-refractivity contribution in [2.75, 3.05) is 20.2 Å². The molecule has 1 heterocycles. The third-order valence-corrected chi connectivity index (χ3v) is 6.72. The zero-order valence-corrected chi connectivity index (χ0v) is 17.1. The van der Waals surface area contributed by atoms with Crippen LogP contribution in [0.15, 0.2) is 23.1 Å². The summed E-state index contributed by atoms with van der Waals surface area (Å²) in [6.45, 7) is 8.98. The molecule has 1 aromatic rings. The van der Waals surface area contributed by atoms with E-state index in [9.17, 15) is 13.2 Å². The summed E-state index contributed by atoms with van der Waals surface area (Å²) in [5, 5.41) is 2.87. The first-order valence-corrected chi connectivity index (χ1v) is 10.6. The molecule has 1 aliphatic rings. The Bertz CT molecular complexity index is 738. The highest BCUT2D eigenvalue weighted by Gasteiger charge is 2.34. The van der Waals surface area contributed by atoms with Gasteiger partial charge >= 0.3 is 0 Å². The maximum Gasteiger partial charge on any atom is 0.251 e. The quantitative estimate of drug-likeness (QED) is 0.821. The van der Waals surface area contributed by atoms with Gasteiger partial charge in [0.05, 0.1) is 7.11 Å². The third-order valence-electron chi connectivity index (χ3n) is 4.87. The van der Waals surface area contributed by atoms with Gasteiger partial charge in [0.2, 0.25) is 10.0 Å². The summed E-state index contributed by atoms with van der Waals surface area (Å²) in [6.07, 6.45) is 1.82. The van der Waals surface area contributed by atoms with E-state index in [0.29, 0.717) is 30.5 Å². The number of nitrogens with zero attached hydrogens (tertiary/aromatic N) is 1. The number of carbonyl (C=O) groups excluding carboxylic acids is 1. The van der Waals surface area contributed by atoms with Crippen LogP contribution >= 0.6 is 0 Å². The Hall–Kier alpha value is -1.60. The highest BCUT2D eigenvalue weighted by atomic mass is 32.2. The Balaban J connectivity index is 2.39. The van der Waals surface area contributed by atoms with E-state index in [4.69, 9.17) is 4.74 Å². The van der Waals surface area contributed by atoms with Crippen molar-refractivity contribution in [3.63, 3.8) is 0 Å². The van der Waals surface area contributed by atoms with Crippen molar-refractivity contribution in [1.82, 2.24) is 9.62 Å². The van der Waals surface area contributed by atoms with Gasteiger partial charge in [-0.05, 0) is 49.8 Å². The molecule has 146 valence electrons. The Morgan fingerprint density at radius 3 is 2.46 bits per heavy atom. The number of amides is 1. The molecular weight excluding hydrogens is 352 g/mol. The minimum atomic E-state index is -3.73. The molecule has 0 unspecified atom stereocenters. The minimum Gasteiger partial charge on any atom is -0.495 e. The Morgan fingerprint density at radius 2 is 1.92 bits per heavy atom. The number of hydrogen-bond acceptors (Lipinski definition) is 4. The number of benzene rings is 1. The first-order chi connectivity index (χ1) is 12.2. The molecule has 1 saturated heterocycles. The fourth-order valence-electron chi connectivity index (χ4n) is 3.37. The van der Waals surface area contributed by atoms with Gasteiger partial charge in [0.25, 0.3) is 5.91 Å². The molecule has 1 aromatic carbocycles. The molecule has 1 aliphatic heterocycles. The lowest BCUT2D eigenvalue weighted by Crippen LogP contribution is -2.42. The molecule has 0 saturated carbocycles. The molecule has 26 heavy (non-hydrogen) atoms. The van der Waals surface area contributed by atoms with Gasteiger partial charge < -0.3 is 10.1 Å². The van der Waals surface area contributed by atoms with Crippen LogP contribution < -0.4 is 10.1 Å². The number of sulfonamides is 1. The van der Waals surface area contributed by atoms with Crippen molar-refractivity contribution in [2.45, 2.75) is 51.5 Å². The van der Waals surface area contributed by atoms with Gasteiger partial charge in [0.15, 0.2) is 0 Å². The number of ether oxygens (including phenoxy) is 1. The summed E-state index contributed by atoms with van der Waals surface area (Å²) in [6, 6.07) is 4.59. The smallest absolute Gasteiger partial charge is 0.251 e. The lowest BCUT2D eigenvalue weighted by molar-refractivity contribution is 0.0939. The number of nitrogens with one attached hydrogen (secondary N) is 1. The van der Waals surface area contributed by atoms with Crippen LogP contribution in [-0.4, -0.2) is 44.9 Å². The fourth-order valence-corrected chi connectivity index (χ4v) is 5.23. The molecule has 3 atom stereocenters. The predicted octanol–water partition coefficient (Wildman–Crippen LogP) is 2.89. The molecule has 0 aliphatic carbocycles. The number of carbonyl (C=O) groups is 1. The summed E-state index contributed by atoms with van der Waals surface area (Å²) < 4.78 is 33.2. The second-order valence-corrected chi connectivity index (χ2v) is 9.32. The van der Waals surface area contributed by atoms with Crippen LogP contribution in [0.25, 0.3) is 0 Å². The van der Waals surface area contributed by atoms with Crippen molar-refractivity contribution in [3.8, 4) is 5.75 Å². The first kappa shape index (κ1) is 20.7. The van der Waals surface area contributed by atoms with Crippen molar-refractivity contribution >= 4 is 15.9 Å². The molecule has 1 amide bonds. The van der Waals surface area contributed by atoms with Gasteiger partial charge in [-0.3, -0.25) is 4.79 Å². The molecule has 2 rings (SSSR count). The fraction of sp³-hybridized carbons (Fsp3) is 0.632. The van der Waals surface area contributed by atoms with Gasteiger partial charge in [-0.1, -0.05) is 20.8 Å². The van der Waals surface area contributed by atoms with Crippen molar-refractivity contribution in [2.24, 2.45) is 11.8 Å². The first-order valence-electron chi connectivity index (χ1n) is 9.18. The number of methoxy groups -OCH3 is 1. The number of rotatable bonds is 6. The average molecular weight is 383 g/mol. The van der Waals surface area contributed by atoms with Crippen LogP contribution in [-0.2, 0) is 10.0 Å². The standard InChI is InChI=1S/C19H30N2O4S/c1-6-15(4)20-19(22)16-7-8-17(25-5)18(10-16)26(23,24)21-11-13(2)9-14(3)12-21/h7-8,10,13-15H,6,9,11-12H2,1-5H3,(H,20,22)/t13-,14+,15-/m1/s1. The second kappa shape index (κ2) is 8.39. The monoisotopic (exact) mass is 382 g/mol. The lowest BCUT2D eigenvalue weighted by Gasteiger charge is -2.34. The van der Waals surface area contributed by atoms with E-state index in [1.807, 2.05) is 13.8 Å². The second-order valence-electron chi connectivity index (χ2n) is 7.42. The van der Waals surface area contributed by atoms with Crippen molar-refractivity contribution in [3.05, 3.63) is 23.8 Å². The van der Waals surface area contributed by atoms with Crippen LogP contribution in [0.4, 0.5) is 0 Å². The van der Waals surface area contributed by atoms with Gasteiger partial charge in [0, 0.05) is 24.7 Å². The van der Waals surface area contributed by atoms with E-state index in [0.717, 1.165) is 12.8 Å². The van der Waals surface area contributed by atoms with E-state index >= 15 is 0 Å². The Morgan fingerprint density at radius 1 is 1.31 bits per heavy atom.